The van der Waals surface area contributed by atoms with Crippen molar-refractivity contribution in [2.75, 3.05) is 6.61 Å². The van der Waals surface area contributed by atoms with Gasteiger partial charge in [-0.3, -0.25) is 4.99 Å². The summed E-state index contributed by atoms with van der Waals surface area (Å²) in [4.78, 5) is 15.0. The molecule has 0 saturated carbocycles. The predicted octanol–water partition coefficient (Wildman–Crippen LogP) is 8.80. The van der Waals surface area contributed by atoms with Crippen LogP contribution >= 0.6 is 20.3 Å². The van der Waals surface area contributed by atoms with Gasteiger partial charge in [-0.15, -0.1) is 0 Å². The molecule has 1 aliphatic heterocycles. The van der Waals surface area contributed by atoms with Crippen molar-refractivity contribution in [2.45, 2.75) is 66.3 Å². The van der Waals surface area contributed by atoms with Crippen molar-refractivity contribution in [1.82, 2.24) is 4.98 Å². The van der Waals surface area contributed by atoms with E-state index in [2.05, 4.69) is 90.9 Å². The van der Waals surface area contributed by atoms with Crippen LogP contribution in [0.5, 0.6) is 0 Å². The van der Waals surface area contributed by atoms with E-state index < -0.39 is 0 Å². The molecule has 2 aromatic carbocycles. The number of hydrogen-bond donors (Lipinski definition) is 0. The van der Waals surface area contributed by atoms with E-state index in [9.17, 15) is 0 Å². The summed E-state index contributed by atoms with van der Waals surface area (Å²) in [5.74, 6) is 1.95. The van der Waals surface area contributed by atoms with Crippen LogP contribution in [0.15, 0.2) is 58.5 Å². The normalized spacial score (nSPS) is 15.9. The van der Waals surface area contributed by atoms with Gasteiger partial charge < -0.3 is 4.74 Å². The van der Waals surface area contributed by atoms with Gasteiger partial charge in [-0.05, 0) is 47.9 Å². The van der Waals surface area contributed by atoms with Gasteiger partial charge in [0.2, 0.25) is 5.90 Å². The number of hydrogen-bond acceptors (Lipinski definition) is 4. The summed E-state index contributed by atoms with van der Waals surface area (Å²) in [6.07, 6.45) is 0. The maximum atomic E-state index is 5.98. The van der Waals surface area contributed by atoms with Crippen molar-refractivity contribution in [2.24, 2.45) is 15.9 Å². The Hall–Kier alpha value is -1.92. The number of aromatic nitrogens is 1. The summed E-state index contributed by atoms with van der Waals surface area (Å²) >= 11 is 0.382. The summed E-state index contributed by atoms with van der Waals surface area (Å²) < 4.78 is 5.98. The van der Waals surface area contributed by atoms with Crippen molar-refractivity contribution >= 4 is 48.5 Å². The average molecular weight is 571 g/mol. The van der Waals surface area contributed by atoms with Crippen LogP contribution in [0, 0.1) is 5.92 Å². The molecular formula is C29H35Cl2CoN3O. The number of pyridine rings is 1. The Morgan fingerprint density at radius 3 is 2.11 bits per heavy atom. The Morgan fingerprint density at radius 1 is 0.944 bits per heavy atom. The molecule has 3 aromatic rings. The van der Waals surface area contributed by atoms with E-state index in [-0.39, 0.29) is 6.04 Å². The van der Waals surface area contributed by atoms with Gasteiger partial charge in [0.1, 0.15) is 6.61 Å². The third kappa shape index (κ3) is 6.68. The maximum absolute atomic E-state index is 5.98. The Morgan fingerprint density at radius 2 is 1.56 bits per heavy atom. The van der Waals surface area contributed by atoms with Crippen molar-refractivity contribution in [3.8, 4) is 0 Å². The van der Waals surface area contributed by atoms with Crippen molar-refractivity contribution in [3.05, 3.63) is 70.9 Å². The number of halogens is 2. The molecule has 0 amide bonds. The molecule has 0 fully saturated rings. The zero-order valence-electron chi connectivity index (χ0n) is 22.0. The zero-order chi connectivity index (χ0) is 26.4. The second-order valence-electron chi connectivity index (χ2n) is 9.97. The molecule has 0 aliphatic carbocycles. The molecule has 1 aliphatic rings. The van der Waals surface area contributed by atoms with E-state index in [4.69, 9.17) is 40.0 Å². The molecule has 0 radical (unpaired) electrons. The summed E-state index contributed by atoms with van der Waals surface area (Å²) in [6.45, 7) is 15.9. The Kier molecular flexibility index (Phi) is 10.4. The van der Waals surface area contributed by atoms with Gasteiger partial charge in [0.15, 0.2) is 0 Å². The van der Waals surface area contributed by atoms with Crippen LogP contribution in [0.4, 0.5) is 5.69 Å². The van der Waals surface area contributed by atoms with Gasteiger partial charge in [0, 0.05) is 5.39 Å². The standard InChI is InChI=1S/C29H35N3O.2ClH.Co/c1-17(2)22-11-9-12-23(18(3)4)28(22)30-20(7)25-15-14-21-10-8-13-24(27(21)31-25)29-32-26(16-33-29)19(5)6;;;/h8-15,17-19,26H,16H2,1-7H3;2*1H;/q;;;+2/p-2/t26-;;;/m1.../s1. The average Bonchev–Trinajstić information content (AvgIpc) is 3.34. The molecule has 0 bridgehead atoms. The Balaban J connectivity index is 0.00000115. The number of benzene rings is 2. The fourth-order valence-electron chi connectivity index (χ4n) is 4.27. The Bertz CT molecular complexity index is 1230. The second-order valence-corrected chi connectivity index (χ2v) is 11.7. The molecule has 0 N–H and O–H groups in total. The summed E-state index contributed by atoms with van der Waals surface area (Å²) in [5.41, 5.74) is 7.28. The number of nitrogens with zero attached hydrogens (tertiary/aromatic N) is 3. The van der Waals surface area contributed by atoms with Crippen LogP contribution in [0.2, 0.25) is 0 Å². The fourth-order valence-corrected chi connectivity index (χ4v) is 4.27. The minimum absolute atomic E-state index is 0.198. The SMILES string of the molecule is CC(=Nc1c(C(C)C)cccc1C(C)C)c1ccc2cccc(C3=N[C@@H](C(C)C)CO3)c2n1.[Cl][Co][Cl]. The van der Waals surface area contributed by atoms with E-state index in [0.29, 0.717) is 43.2 Å². The van der Waals surface area contributed by atoms with Crippen molar-refractivity contribution in [1.29, 1.82) is 0 Å². The number of ether oxygens (including phenoxy) is 1. The number of fused-ring (bicyclic) bond motifs is 1. The van der Waals surface area contributed by atoms with Crippen LogP contribution in [-0.2, 0) is 17.6 Å². The fraction of sp³-hybridized carbons (Fsp3) is 0.414. The van der Waals surface area contributed by atoms with E-state index >= 15 is 0 Å². The summed E-state index contributed by atoms with van der Waals surface area (Å²) in [5, 5.41) is 1.08. The topological polar surface area (TPSA) is 46.8 Å². The summed E-state index contributed by atoms with van der Waals surface area (Å²) in [7, 11) is 9.47. The molecule has 2 heterocycles. The molecule has 4 rings (SSSR count). The number of para-hydroxylation sites is 2. The Labute approximate surface area is 230 Å². The summed E-state index contributed by atoms with van der Waals surface area (Å²) in [6, 6.07) is 17.1. The molecule has 36 heavy (non-hydrogen) atoms. The molecule has 0 saturated heterocycles. The van der Waals surface area contributed by atoms with E-state index in [1.165, 1.54) is 11.1 Å². The van der Waals surface area contributed by atoms with E-state index in [0.717, 1.165) is 33.6 Å². The van der Waals surface area contributed by atoms with Crippen LogP contribution in [0.3, 0.4) is 0 Å². The van der Waals surface area contributed by atoms with E-state index in [1.807, 2.05) is 6.07 Å². The van der Waals surface area contributed by atoms with Crippen molar-refractivity contribution < 1.29 is 17.6 Å². The third-order valence-corrected chi connectivity index (χ3v) is 6.39. The van der Waals surface area contributed by atoms with Gasteiger partial charge in [-0.25, -0.2) is 9.98 Å². The quantitative estimate of drug-likeness (QED) is 0.278. The molecule has 1 aromatic heterocycles. The second kappa shape index (κ2) is 13.0. The van der Waals surface area contributed by atoms with Crippen molar-refractivity contribution in [3.63, 3.8) is 0 Å². The first-order valence-corrected chi connectivity index (χ1v) is 15.2. The molecule has 195 valence electrons. The van der Waals surface area contributed by atoms with Gasteiger partial charge in [-0.1, -0.05) is 77.9 Å². The molecular weight excluding hydrogens is 536 g/mol. The molecule has 0 unspecified atom stereocenters. The molecule has 0 spiro atoms. The van der Waals surface area contributed by atoms with Gasteiger partial charge in [0.05, 0.1) is 34.2 Å². The predicted molar refractivity (Wildman–Crippen MR) is 151 cm³/mol. The third-order valence-electron chi connectivity index (χ3n) is 6.39. The minimum atomic E-state index is 0.198. The van der Waals surface area contributed by atoms with Gasteiger partial charge >= 0.3 is 33.2 Å². The van der Waals surface area contributed by atoms with Gasteiger partial charge in [-0.2, -0.15) is 0 Å². The van der Waals surface area contributed by atoms with Crippen LogP contribution in [0.1, 0.15) is 82.7 Å². The number of rotatable bonds is 6. The molecule has 4 nitrogen and oxygen atoms in total. The monoisotopic (exact) mass is 570 g/mol. The van der Waals surface area contributed by atoms with Gasteiger partial charge in [0.25, 0.3) is 0 Å². The molecule has 7 heteroatoms. The first kappa shape index (κ1) is 28.6. The first-order chi connectivity index (χ1) is 17.2. The van der Waals surface area contributed by atoms with E-state index in [1.54, 1.807) is 0 Å². The molecule has 1 atom stereocenters. The first-order valence-electron chi connectivity index (χ1n) is 12.3. The number of aliphatic imine (C=N–C) groups is 2. The van der Waals surface area contributed by atoms with Crippen LogP contribution < -0.4 is 0 Å². The van der Waals surface area contributed by atoms with Crippen LogP contribution in [-0.4, -0.2) is 29.2 Å². The van der Waals surface area contributed by atoms with Crippen LogP contribution in [0.25, 0.3) is 10.9 Å². The zero-order valence-corrected chi connectivity index (χ0v) is 24.5.